The van der Waals surface area contributed by atoms with Crippen molar-refractivity contribution in [3.05, 3.63) is 0 Å². The quantitative estimate of drug-likeness (QED) is 0.692. The molecular weight excluding hydrogens is 189 g/mol. The molecule has 0 rings (SSSR count). The lowest BCUT2D eigenvalue weighted by Crippen LogP contribution is -2.45. The van der Waals surface area contributed by atoms with Crippen molar-refractivity contribution >= 4 is 11.8 Å². The Bertz CT molecular complexity index is 211. The molecule has 0 aliphatic heterocycles. The lowest BCUT2D eigenvalue weighted by Gasteiger charge is -2.24. The van der Waals surface area contributed by atoms with Crippen LogP contribution in [0.5, 0.6) is 0 Å². The fourth-order valence-electron chi connectivity index (χ4n) is 0.939. The van der Waals surface area contributed by atoms with Crippen molar-refractivity contribution in [2.75, 3.05) is 0 Å². The molecule has 0 saturated carbocycles. The monoisotopic (exact) mass is 198 g/mol. The summed E-state index contributed by atoms with van der Waals surface area (Å²) in [4.78, 5) is 20.9. The second kappa shape index (κ2) is 3.76. The number of Topliss-reactive ketones (excluding diaryl/α,β-unsaturated/α-hetero) is 1. The summed E-state index contributed by atoms with van der Waals surface area (Å²) >= 11 is 0. The Balaban J connectivity index is 4.95. The molecule has 3 nitrogen and oxygen atoms in total. The van der Waals surface area contributed by atoms with Crippen LogP contribution in [-0.2, 0) is 9.59 Å². The van der Waals surface area contributed by atoms with Crippen molar-refractivity contribution in [2.45, 2.75) is 25.9 Å². The van der Waals surface area contributed by atoms with E-state index in [1.165, 1.54) is 0 Å². The number of halogens is 3. The second-order valence-electron chi connectivity index (χ2n) is 2.83. The Morgan fingerprint density at radius 2 is 1.77 bits per heavy atom. The minimum absolute atomic E-state index is 0.401. The van der Waals surface area contributed by atoms with E-state index in [4.69, 9.17) is 5.11 Å². The molecule has 0 aliphatic rings. The molecule has 0 amide bonds. The minimum atomic E-state index is -3.50. The molecule has 0 aliphatic carbocycles. The maximum atomic E-state index is 13.0. The number of alkyl halides is 3. The standard InChI is InChI=1S/C7H9F3O3/c1-3(11)4(5(12)13)7(2,10)6(8)9/h4,6H,1-2H3,(H,12,13). The third-order valence-electron chi connectivity index (χ3n) is 1.64. The van der Waals surface area contributed by atoms with Gasteiger partial charge in [-0.05, 0) is 13.8 Å². The summed E-state index contributed by atoms with van der Waals surface area (Å²) in [6, 6.07) is 0. The molecule has 0 fully saturated rings. The van der Waals surface area contributed by atoms with Gasteiger partial charge in [0.1, 0.15) is 5.78 Å². The number of aliphatic carboxylic acids is 1. The van der Waals surface area contributed by atoms with Gasteiger partial charge in [0.15, 0.2) is 11.6 Å². The van der Waals surface area contributed by atoms with Gasteiger partial charge in [-0.15, -0.1) is 0 Å². The molecule has 0 radical (unpaired) electrons. The van der Waals surface area contributed by atoms with E-state index in [0.29, 0.717) is 6.92 Å². The average Bonchev–Trinajstić information content (AvgIpc) is 1.82. The predicted octanol–water partition coefficient (Wildman–Crippen LogP) is 1.27. The Morgan fingerprint density at radius 3 is 1.85 bits per heavy atom. The van der Waals surface area contributed by atoms with Crippen molar-refractivity contribution in [3.63, 3.8) is 0 Å². The molecule has 13 heavy (non-hydrogen) atoms. The lowest BCUT2D eigenvalue weighted by atomic mass is 9.88. The molecule has 6 heteroatoms. The molecule has 76 valence electrons. The zero-order chi connectivity index (χ0) is 10.8. The van der Waals surface area contributed by atoms with Crippen LogP contribution in [0.3, 0.4) is 0 Å². The van der Waals surface area contributed by atoms with Crippen molar-refractivity contribution < 1.29 is 27.9 Å². The first-order chi connectivity index (χ1) is 5.71. The van der Waals surface area contributed by atoms with Crippen LogP contribution in [-0.4, -0.2) is 29.0 Å². The van der Waals surface area contributed by atoms with E-state index in [9.17, 15) is 22.8 Å². The molecule has 0 spiro atoms. The van der Waals surface area contributed by atoms with Gasteiger partial charge in [-0.1, -0.05) is 0 Å². The van der Waals surface area contributed by atoms with Crippen LogP contribution in [0.15, 0.2) is 0 Å². The number of carbonyl (C=O) groups excluding carboxylic acids is 1. The Hall–Kier alpha value is -1.07. The highest BCUT2D eigenvalue weighted by Gasteiger charge is 2.50. The van der Waals surface area contributed by atoms with Gasteiger partial charge < -0.3 is 5.11 Å². The Kier molecular flexibility index (Phi) is 3.45. The van der Waals surface area contributed by atoms with Crippen LogP contribution in [0, 0.1) is 5.92 Å². The first-order valence-corrected chi connectivity index (χ1v) is 3.41. The number of hydrogen-bond acceptors (Lipinski definition) is 2. The van der Waals surface area contributed by atoms with Crippen molar-refractivity contribution in [1.82, 2.24) is 0 Å². The summed E-state index contributed by atoms with van der Waals surface area (Å²) in [5.41, 5.74) is -3.32. The molecule has 1 N–H and O–H groups in total. The smallest absolute Gasteiger partial charge is 0.317 e. The largest absolute Gasteiger partial charge is 0.481 e. The number of carboxylic acids is 1. The minimum Gasteiger partial charge on any atom is -0.481 e. The molecule has 0 saturated heterocycles. The third-order valence-corrected chi connectivity index (χ3v) is 1.64. The van der Waals surface area contributed by atoms with E-state index in [0.717, 1.165) is 6.92 Å². The zero-order valence-corrected chi connectivity index (χ0v) is 7.05. The highest BCUT2D eigenvalue weighted by Crippen LogP contribution is 2.30. The molecule has 0 aromatic carbocycles. The maximum absolute atomic E-state index is 13.0. The predicted molar refractivity (Wildman–Crippen MR) is 37.3 cm³/mol. The molecule has 0 heterocycles. The van der Waals surface area contributed by atoms with Crippen molar-refractivity contribution in [3.8, 4) is 0 Å². The number of rotatable bonds is 4. The van der Waals surface area contributed by atoms with Crippen molar-refractivity contribution in [2.24, 2.45) is 5.92 Å². The summed E-state index contributed by atoms with van der Waals surface area (Å²) in [6.07, 6.45) is -3.50. The van der Waals surface area contributed by atoms with Gasteiger partial charge >= 0.3 is 5.97 Å². The fourth-order valence-corrected chi connectivity index (χ4v) is 0.939. The van der Waals surface area contributed by atoms with Gasteiger partial charge in [-0.3, -0.25) is 9.59 Å². The van der Waals surface area contributed by atoms with Gasteiger partial charge in [0, 0.05) is 0 Å². The Labute approximate surface area is 72.5 Å². The zero-order valence-electron chi connectivity index (χ0n) is 7.05. The van der Waals surface area contributed by atoms with Crippen LogP contribution >= 0.6 is 0 Å². The van der Waals surface area contributed by atoms with E-state index in [2.05, 4.69) is 0 Å². The van der Waals surface area contributed by atoms with Gasteiger partial charge in [0.2, 0.25) is 0 Å². The van der Waals surface area contributed by atoms with Crippen molar-refractivity contribution in [1.29, 1.82) is 0 Å². The van der Waals surface area contributed by atoms with Gasteiger partial charge in [0.25, 0.3) is 6.43 Å². The van der Waals surface area contributed by atoms with Gasteiger partial charge in [-0.2, -0.15) is 0 Å². The van der Waals surface area contributed by atoms with Crippen LogP contribution in [0.2, 0.25) is 0 Å². The molecular formula is C7H9F3O3. The van der Waals surface area contributed by atoms with Crippen LogP contribution in [0.25, 0.3) is 0 Å². The second-order valence-corrected chi connectivity index (χ2v) is 2.83. The molecule has 0 aromatic rings. The number of ketones is 1. The maximum Gasteiger partial charge on any atom is 0.317 e. The van der Waals surface area contributed by atoms with Gasteiger partial charge in [0.05, 0.1) is 0 Å². The summed E-state index contributed by atoms with van der Waals surface area (Å²) in [5.74, 6) is -5.32. The van der Waals surface area contributed by atoms with E-state index in [1.807, 2.05) is 0 Å². The van der Waals surface area contributed by atoms with Crippen LogP contribution in [0.1, 0.15) is 13.8 Å². The van der Waals surface area contributed by atoms with Crippen LogP contribution in [0.4, 0.5) is 13.2 Å². The highest BCUT2D eigenvalue weighted by atomic mass is 19.3. The number of carbonyl (C=O) groups is 2. The molecule has 0 bridgehead atoms. The SMILES string of the molecule is CC(=O)C(C(=O)O)C(C)(F)C(F)F. The summed E-state index contributed by atoms with van der Waals surface area (Å²) in [7, 11) is 0. The number of hydrogen-bond donors (Lipinski definition) is 1. The first kappa shape index (κ1) is 11.9. The summed E-state index contributed by atoms with van der Waals surface area (Å²) in [6.45, 7) is 1.16. The van der Waals surface area contributed by atoms with E-state index < -0.39 is 29.8 Å². The summed E-state index contributed by atoms with van der Waals surface area (Å²) < 4.78 is 37.0. The van der Waals surface area contributed by atoms with Gasteiger partial charge in [-0.25, -0.2) is 13.2 Å². The number of carboxylic acid groups (broad SMARTS) is 1. The molecule has 2 atom stereocenters. The molecule has 2 unspecified atom stereocenters. The first-order valence-electron chi connectivity index (χ1n) is 3.41. The molecule has 0 aromatic heterocycles. The average molecular weight is 198 g/mol. The van der Waals surface area contributed by atoms with E-state index in [-0.39, 0.29) is 0 Å². The third kappa shape index (κ3) is 2.43. The fraction of sp³-hybridized carbons (Fsp3) is 0.714. The van der Waals surface area contributed by atoms with Crippen LogP contribution < -0.4 is 0 Å². The topological polar surface area (TPSA) is 54.4 Å². The highest BCUT2D eigenvalue weighted by molar-refractivity contribution is 5.98. The normalized spacial score (nSPS) is 18.0. The Morgan fingerprint density at radius 1 is 1.38 bits per heavy atom. The summed E-state index contributed by atoms with van der Waals surface area (Å²) in [5, 5.41) is 8.33. The van der Waals surface area contributed by atoms with E-state index >= 15 is 0 Å². The lowest BCUT2D eigenvalue weighted by molar-refractivity contribution is -0.159. The van der Waals surface area contributed by atoms with E-state index in [1.54, 1.807) is 0 Å².